The number of anilines is 4. The van der Waals surface area contributed by atoms with Crippen LogP contribution in [0.2, 0.25) is 0 Å². The van der Waals surface area contributed by atoms with Gasteiger partial charge in [0, 0.05) is 50.0 Å². The summed E-state index contributed by atoms with van der Waals surface area (Å²) in [5.41, 5.74) is 24.0. The van der Waals surface area contributed by atoms with Crippen LogP contribution in [0.3, 0.4) is 0 Å². The third-order valence-electron chi connectivity index (χ3n) is 4.59. The molecule has 0 aliphatic carbocycles. The van der Waals surface area contributed by atoms with Gasteiger partial charge < -0.3 is 62.5 Å². The first-order valence-electron chi connectivity index (χ1n) is 11.1. The Morgan fingerprint density at radius 2 is 0.463 bits per heavy atom. The minimum Gasteiger partial charge on any atom is -0.545 e. The number of rotatable bonds is 4. The summed E-state index contributed by atoms with van der Waals surface area (Å²) >= 11 is 0. The Labute approximate surface area is 255 Å². The molecule has 8 N–H and O–H groups in total. The number of carboxylic acid groups (broad SMARTS) is 4. The zero-order chi connectivity index (χ0) is 30.2. The predicted molar refractivity (Wildman–Crippen MR) is 146 cm³/mol. The molecule has 0 saturated heterocycles. The van der Waals surface area contributed by atoms with Gasteiger partial charge in [-0.2, -0.15) is 0 Å². The summed E-state index contributed by atoms with van der Waals surface area (Å²) in [7, 11) is 0. The zero-order valence-corrected chi connectivity index (χ0v) is 25.2. The van der Waals surface area contributed by atoms with Crippen LogP contribution in [-0.4, -0.2) is 51.2 Å². The normalized spacial score (nSPS) is 8.98. The fourth-order valence-electron chi connectivity index (χ4n) is 2.48. The topological polar surface area (TPSA) is 265 Å². The van der Waals surface area contributed by atoms with Crippen molar-refractivity contribution in [3.63, 3.8) is 0 Å². The van der Waals surface area contributed by atoms with Crippen molar-refractivity contribution in [1.29, 1.82) is 0 Å². The van der Waals surface area contributed by atoms with Crippen molar-refractivity contribution in [1.82, 2.24) is 0 Å². The molecule has 0 spiro atoms. The Balaban J connectivity index is 0.000000516. The second-order valence-electron chi connectivity index (χ2n) is 7.64. The van der Waals surface area contributed by atoms with Gasteiger partial charge in [-0.1, -0.05) is 48.5 Å². The van der Waals surface area contributed by atoms with Crippen LogP contribution in [0.1, 0.15) is 41.4 Å². The van der Waals surface area contributed by atoms with Crippen molar-refractivity contribution >= 4 is 73.9 Å². The van der Waals surface area contributed by atoms with Crippen LogP contribution >= 0.6 is 0 Å². The molecule has 0 fully saturated rings. The molecule has 4 aromatic rings. The van der Waals surface area contributed by atoms with Crippen LogP contribution in [0, 0.1) is 0 Å². The second kappa shape index (κ2) is 18.2. The summed E-state index contributed by atoms with van der Waals surface area (Å²) in [5.74, 6) is -4.72. The van der Waals surface area contributed by atoms with Crippen molar-refractivity contribution in [2.75, 3.05) is 22.9 Å². The first-order chi connectivity index (χ1) is 18.8. The van der Waals surface area contributed by atoms with Gasteiger partial charge in [-0.25, -0.2) is 0 Å². The number of nitrogen functional groups attached to an aromatic ring is 4. The molecule has 0 heterocycles. The minimum atomic E-state index is -1.18. The third kappa shape index (κ3) is 14.6. The molecule has 12 nitrogen and oxygen atoms in total. The van der Waals surface area contributed by atoms with Gasteiger partial charge in [0.1, 0.15) is 0 Å². The molecule has 0 bridgehead atoms. The summed E-state index contributed by atoms with van der Waals surface area (Å²) in [4.78, 5) is 40.6. The quantitative estimate of drug-likeness (QED) is 0.132. The summed E-state index contributed by atoms with van der Waals surface area (Å²) in [6, 6.07) is 23.4. The van der Waals surface area contributed by atoms with E-state index < -0.39 is 23.9 Å². The molecule has 0 amide bonds. The molecule has 13 heteroatoms. The Kier molecular flexibility index (Phi) is 15.9. The van der Waals surface area contributed by atoms with Crippen LogP contribution in [0.5, 0.6) is 0 Å². The summed E-state index contributed by atoms with van der Waals surface area (Å²) < 4.78 is 0. The summed E-state index contributed by atoms with van der Waals surface area (Å²) in [5, 5.41) is 40.6. The van der Waals surface area contributed by atoms with E-state index in [4.69, 9.17) is 22.9 Å². The number of hydrogen-bond donors (Lipinski definition) is 4. The fraction of sp³-hybridized carbons (Fsp3) is 0. The van der Waals surface area contributed by atoms with E-state index in [9.17, 15) is 39.6 Å². The van der Waals surface area contributed by atoms with Gasteiger partial charge in [0.05, 0.1) is 23.9 Å². The van der Waals surface area contributed by atoms with E-state index >= 15 is 0 Å². The second-order valence-corrected chi connectivity index (χ2v) is 7.64. The molecule has 0 aliphatic heterocycles. The Hall–Kier alpha value is -5.12. The number of benzene rings is 4. The molecular formula is C28H24N4O8Pb-4. The molecule has 4 rings (SSSR count). The molecule has 0 unspecified atom stereocenters. The van der Waals surface area contributed by atoms with Crippen molar-refractivity contribution in [3.05, 3.63) is 119 Å². The van der Waals surface area contributed by atoms with Crippen molar-refractivity contribution in [3.8, 4) is 0 Å². The maximum absolute atomic E-state index is 10.2. The van der Waals surface area contributed by atoms with Gasteiger partial charge >= 0.3 is 0 Å². The van der Waals surface area contributed by atoms with E-state index in [2.05, 4.69) is 0 Å². The monoisotopic (exact) mass is 752 g/mol. The average Bonchev–Trinajstić information content (AvgIpc) is 2.91. The number of aromatic carboxylic acids is 4. The smallest absolute Gasteiger partial charge is 0.0715 e. The Morgan fingerprint density at radius 1 is 0.341 bits per heavy atom. The predicted octanol–water partition coefficient (Wildman–Crippen LogP) is -1.85. The average molecular weight is 752 g/mol. The molecule has 0 aliphatic rings. The van der Waals surface area contributed by atoms with Crippen molar-refractivity contribution in [2.45, 2.75) is 0 Å². The molecule has 4 aromatic carbocycles. The first-order valence-corrected chi connectivity index (χ1v) is 11.1. The first kappa shape index (κ1) is 35.9. The zero-order valence-electron chi connectivity index (χ0n) is 21.3. The number of carbonyl (C=O) groups is 4. The molecule has 0 atom stereocenters. The van der Waals surface area contributed by atoms with Crippen molar-refractivity contribution in [2.24, 2.45) is 0 Å². The van der Waals surface area contributed by atoms with Crippen LogP contribution in [0.15, 0.2) is 97.1 Å². The molecule has 0 saturated carbocycles. The maximum atomic E-state index is 10.2. The van der Waals surface area contributed by atoms with Crippen LogP contribution < -0.4 is 43.4 Å². The maximum Gasteiger partial charge on any atom is 0.0715 e. The molecule has 4 radical (unpaired) electrons. The van der Waals surface area contributed by atoms with Crippen molar-refractivity contribution < 1.29 is 39.6 Å². The number of hydrogen-bond acceptors (Lipinski definition) is 12. The van der Waals surface area contributed by atoms with Gasteiger partial charge in [-0.05, 0) is 70.8 Å². The SMILES string of the molecule is Nc1ccc(C(=O)[O-])cc1.Nc1ccc(C(=O)[O-])cc1.Nc1ccc(C(=O)[O-])cc1.Nc1ccc(C(=O)[O-])cc1.[Pb]. The van der Waals surface area contributed by atoms with E-state index in [1.54, 1.807) is 0 Å². The molecular weight excluding hydrogens is 728 g/mol. The van der Waals surface area contributed by atoms with E-state index in [0.717, 1.165) is 0 Å². The van der Waals surface area contributed by atoms with Gasteiger partial charge in [-0.3, -0.25) is 0 Å². The third-order valence-corrected chi connectivity index (χ3v) is 4.59. The van der Waals surface area contributed by atoms with Crippen LogP contribution in [0.25, 0.3) is 0 Å². The molecule has 0 aromatic heterocycles. The van der Waals surface area contributed by atoms with E-state index in [1.807, 2.05) is 0 Å². The van der Waals surface area contributed by atoms with Gasteiger partial charge in [0.2, 0.25) is 0 Å². The van der Waals surface area contributed by atoms with E-state index in [1.165, 1.54) is 97.1 Å². The Morgan fingerprint density at radius 3 is 0.561 bits per heavy atom. The van der Waals surface area contributed by atoms with Gasteiger partial charge in [-0.15, -0.1) is 0 Å². The summed E-state index contributed by atoms with van der Waals surface area (Å²) in [6.07, 6.45) is 0. The summed E-state index contributed by atoms with van der Waals surface area (Å²) in [6.45, 7) is 0. The van der Waals surface area contributed by atoms with Crippen LogP contribution in [0.4, 0.5) is 22.7 Å². The van der Waals surface area contributed by atoms with E-state index in [-0.39, 0.29) is 49.6 Å². The number of nitrogens with two attached hydrogens (primary N) is 4. The Bertz CT molecular complexity index is 1190. The number of carbonyl (C=O) groups excluding carboxylic acids is 4. The van der Waals surface area contributed by atoms with Gasteiger partial charge in [0.25, 0.3) is 0 Å². The molecule has 212 valence electrons. The van der Waals surface area contributed by atoms with Gasteiger partial charge in [0.15, 0.2) is 0 Å². The number of carboxylic acids is 4. The minimum absolute atomic E-state index is 0. The largest absolute Gasteiger partial charge is 0.545 e. The fourth-order valence-corrected chi connectivity index (χ4v) is 2.48. The molecule has 41 heavy (non-hydrogen) atoms. The van der Waals surface area contributed by atoms with E-state index in [0.29, 0.717) is 22.7 Å². The standard InChI is InChI=1S/4C7H7NO2.Pb/c4*8-6-3-1-5(2-4-6)7(9)10;/h4*1-4H,8H2,(H,9,10);/p-4. The van der Waals surface area contributed by atoms with Crippen LogP contribution in [-0.2, 0) is 0 Å².